The van der Waals surface area contributed by atoms with E-state index in [9.17, 15) is 0 Å². The first-order chi connectivity index (χ1) is 15.8. The fourth-order valence-electron chi connectivity index (χ4n) is 4.80. The number of benzene rings is 2. The number of furan rings is 2. The van der Waals surface area contributed by atoms with Gasteiger partial charge in [-0.15, -0.1) is 11.3 Å². The van der Waals surface area contributed by atoms with Crippen LogP contribution in [0, 0.1) is 0 Å². The summed E-state index contributed by atoms with van der Waals surface area (Å²) in [5, 5.41) is 4.89. The predicted molar refractivity (Wildman–Crippen MR) is 127 cm³/mol. The van der Waals surface area contributed by atoms with Crippen molar-refractivity contribution >= 4 is 22.1 Å². The lowest BCUT2D eigenvalue weighted by Crippen LogP contribution is -2.39. The summed E-state index contributed by atoms with van der Waals surface area (Å²) in [5.74, 6) is 1.81. The van der Waals surface area contributed by atoms with Crippen molar-refractivity contribution in [2.45, 2.75) is 37.8 Å². The van der Waals surface area contributed by atoms with Gasteiger partial charge in [-0.2, -0.15) is 0 Å². The summed E-state index contributed by atoms with van der Waals surface area (Å²) in [7, 11) is 0. The van der Waals surface area contributed by atoms with Crippen LogP contribution < -0.4 is 4.80 Å². The van der Waals surface area contributed by atoms with Gasteiger partial charge in [0.25, 0.3) is 0 Å². The molecule has 2 aromatic carbocycles. The van der Waals surface area contributed by atoms with E-state index in [2.05, 4.69) is 52.4 Å². The van der Waals surface area contributed by atoms with Crippen molar-refractivity contribution in [3.8, 4) is 0 Å². The second kappa shape index (κ2) is 7.99. The average Bonchev–Trinajstić information content (AvgIpc) is 3.56. The molecule has 0 bridgehead atoms. The second-order valence-corrected chi connectivity index (χ2v) is 9.30. The molecule has 0 saturated heterocycles. The van der Waals surface area contributed by atoms with Crippen molar-refractivity contribution in [1.82, 2.24) is 4.57 Å². The molecule has 0 N–H and O–H groups in total. The van der Waals surface area contributed by atoms with E-state index in [4.69, 9.17) is 13.8 Å². The molecule has 0 spiro atoms. The fraction of sp³-hybridized carbons (Fsp3) is 0.222. The Labute approximate surface area is 190 Å². The summed E-state index contributed by atoms with van der Waals surface area (Å²) in [5.41, 5.74) is 2.75. The molecule has 5 heteroatoms. The highest BCUT2D eigenvalue weighted by Gasteiger charge is 2.43. The summed E-state index contributed by atoms with van der Waals surface area (Å²) in [6, 6.07) is 23.4. The van der Waals surface area contributed by atoms with Gasteiger partial charge in [-0.1, -0.05) is 48.9 Å². The molecule has 6 rings (SSSR count). The average molecular weight is 441 g/mol. The Bertz CT molecular complexity index is 1400. The van der Waals surface area contributed by atoms with Crippen LogP contribution >= 0.6 is 11.3 Å². The summed E-state index contributed by atoms with van der Waals surface area (Å²) in [6.07, 6.45) is 6.98. The molecule has 1 aliphatic rings. The van der Waals surface area contributed by atoms with Crippen molar-refractivity contribution < 1.29 is 8.83 Å². The zero-order valence-electron chi connectivity index (χ0n) is 17.7. The Morgan fingerprint density at radius 2 is 1.66 bits per heavy atom. The monoisotopic (exact) mass is 440 g/mol. The minimum absolute atomic E-state index is 0.0194. The van der Waals surface area contributed by atoms with Crippen LogP contribution in [0.25, 0.3) is 10.8 Å². The van der Waals surface area contributed by atoms with E-state index < -0.39 is 0 Å². The van der Waals surface area contributed by atoms with E-state index in [-0.39, 0.29) is 5.41 Å². The van der Waals surface area contributed by atoms with Gasteiger partial charge in [-0.25, -0.2) is 0 Å². The molecule has 0 unspecified atom stereocenters. The Kier molecular flexibility index (Phi) is 4.84. The highest BCUT2D eigenvalue weighted by molar-refractivity contribution is 7.07. The van der Waals surface area contributed by atoms with Gasteiger partial charge in [0.2, 0.25) is 0 Å². The lowest BCUT2D eigenvalue weighted by Gasteiger charge is -2.43. The van der Waals surface area contributed by atoms with Crippen molar-refractivity contribution in [3.05, 3.63) is 112 Å². The third kappa shape index (κ3) is 3.33. The molecule has 1 aliphatic carbocycles. The molecule has 160 valence electrons. The summed E-state index contributed by atoms with van der Waals surface area (Å²) < 4.78 is 13.6. The maximum absolute atomic E-state index is 5.72. The smallest absolute Gasteiger partial charge is 0.185 e. The normalized spacial score (nSPS) is 15.8. The Morgan fingerprint density at radius 3 is 2.38 bits per heavy atom. The highest BCUT2D eigenvalue weighted by atomic mass is 32.1. The number of rotatable bonds is 6. The van der Waals surface area contributed by atoms with Crippen molar-refractivity contribution in [1.29, 1.82) is 0 Å². The number of thiazole rings is 1. The van der Waals surface area contributed by atoms with Gasteiger partial charge < -0.3 is 13.4 Å². The first-order valence-corrected chi connectivity index (χ1v) is 11.9. The summed E-state index contributed by atoms with van der Waals surface area (Å²) in [4.78, 5) is 5.91. The highest BCUT2D eigenvalue weighted by Crippen LogP contribution is 2.49. The van der Waals surface area contributed by atoms with E-state index in [1.807, 2.05) is 24.3 Å². The van der Waals surface area contributed by atoms with Crippen LogP contribution in [0.5, 0.6) is 0 Å². The third-order valence-corrected chi connectivity index (χ3v) is 7.54. The molecule has 0 atom stereocenters. The van der Waals surface area contributed by atoms with Crippen LogP contribution in [0.3, 0.4) is 0 Å². The predicted octanol–water partition coefficient (Wildman–Crippen LogP) is 6.51. The molecule has 1 saturated carbocycles. The topological polar surface area (TPSA) is 43.6 Å². The molecule has 1 fully saturated rings. The molecule has 0 radical (unpaired) electrons. The largest absolute Gasteiger partial charge is 0.467 e. The zero-order valence-corrected chi connectivity index (χ0v) is 18.6. The lowest BCUT2D eigenvalue weighted by atomic mass is 9.62. The molecule has 0 amide bonds. The van der Waals surface area contributed by atoms with Gasteiger partial charge in [-0.3, -0.25) is 4.99 Å². The maximum Gasteiger partial charge on any atom is 0.185 e. The Morgan fingerprint density at radius 1 is 0.875 bits per heavy atom. The second-order valence-electron chi connectivity index (χ2n) is 8.46. The van der Waals surface area contributed by atoms with E-state index >= 15 is 0 Å². The van der Waals surface area contributed by atoms with Gasteiger partial charge in [0.15, 0.2) is 4.80 Å². The zero-order chi connectivity index (χ0) is 21.4. The minimum atomic E-state index is 0.0194. The van der Waals surface area contributed by atoms with Crippen LogP contribution in [0.1, 0.15) is 42.0 Å². The molecule has 0 aliphatic heterocycles. The Balaban J connectivity index is 1.47. The van der Waals surface area contributed by atoms with Gasteiger partial charge >= 0.3 is 0 Å². The van der Waals surface area contributed by atoms with E-state index in [0.29, 0.717) is 13.1 Å². The number of fused-ring (bicyclic) bond motifs is 1. The van der Waals surface area contributed by atoms with Crippen LogP contribution in [-0.4, -0.2) is 4.57 Å². The number of aromatic nitrogens is 1. The minimum Gasteiger partial charge on any atom is -0.467 e. The fourth-order valence-corrected chi connectivity index (χ4v) is 5.80. The number of nitrogens with zero attached hydrogens (tertiary/aromatic N) is 2. The SMILES string of the molecule is c1coc(CN=c2scc(C3(c4ccc5ccccc5c4)CCC3)n2Cc2ccco2)c1. The van der Waals surface area contributed by atoms with Crippen molar-refractivity contribution in [2.75, 3.05) is 0 Å². The van der Waals surface area contributed by atoms with Crippen molar-refractivity contribution in [2.24, 2.45) is 4.99 Å². The van der Waals surface area contributed by atoms with Crippen LogP contribution in [0.2, 0.25) is 0 Å². The van der Waals surface area contributed by atoms with Crippen molar-refractivity contribution in [3.63, 3.8) is 0 Å². The van der Waals surface area contributed by atoms with Gasteiger partial charge in [0, 0.05) is 16.5 Å². The van der Waals surface area contributed by atoms with Crippen LogP contribution in [-0.2, 0) is 18.5 Å². The number of hydrogen-bond donors (Lipinski definition) is 0. The first-order valence-electron chi connectivity index (χ1n) is 11.1. The maximum atomic E-state index is 5.72. The molecule has 3 heterocycles. The molecule has 5 aromatic rings. The first kappa shape index (κ1) is 19.4. The molecule has 4 nitrogen and oxygen atoms in total. The van der Waals surface area contributed by atoms with E-state index in [1.54, 1.807) is 23.9 Å². The third-order valence-electron chi connectivity index (χ3n) is 6.64. The van der Waals surface area contributed by atoms with E-state index in [1.165, 1.54) is 28.5 Å². The van der Waals surface area contributed by atoms with Gasteiger partial charge in [0.05, 0.1) is 19.1 Å². The van der Waals surface area contributed by atoms with Gasteiger partial charge in [0.1, 0.15) is 18.1 Å². The van der Waals surface area contributed by atoms with Gasteiger partial charge in [-0.05, 0) is 53.4 Å². The molecule has 3 aromatic heterocycles. The van der Waals surface area contributed by atoms with Crippen LogP contribution in [0.4, 0.5) is 0 Å². The molecular formula is C27H24N2O2S. The standard InChI is InChI=1S/C27H24N2O2S/c1-2-7-21-16-22(11-10-20(21)6-1)27(12-5-13-27)25-19-32-26(28-17-23-8-3-14-30-23)29(25)18-24-9-4-15-31-24/h1-4,6-11,14-16,19H,5,12-13,17-18H2. The van der Waals surface area contributed by atoms with Crippen LogP contribution in [0.15, 0.2) is 98.5 Å². The quantitative estimate of drug-likeness (QED) is 0.302. The summed E-state index contributed by atoms with van der Waals surface area (Å²) >= 11 is 1.71. The summed E-state index contributed by atoms with van der Waals surface area (Å²) in [6.45, 7) is 1.21. The Hall–Kier alpha value is -3.31. The molecular weight excluding hydrogens is 416 g/mol. The molecule has 32 heavy (non-hydrogen) atoms. The van der Waals surface area contributed by atoms with E-state index in [0.717, 1.165) is 29.2 Å². The number of hydrogen-bond acceptors (Lipinski definition) is 4. The lowest BCUT2D eigenvalue weighted by molar-refractivity contribution is 0.282.